The first-order valence-corrected chi connectivity index (χ1v) is 8.50. The maximum Gasteiger partial charge on any atom is 0.470 e. The van der Waals surface area contributed by atoms with E-state index in [-0.39, 0.29) is 18.9 Å². The van der Waals surface area contributed by atoms with Crippen LogP contribution in [0.5, 0.6) is 0 Å². The molecule has 1 aliphatic rings. The monoisotopic (exact) mass is 350 g/mol. The van der Waals surface area contributed by atoms with Gasteiger partial charge in [-0.25, -0.2) is 14.1 Å². The Hall–Kier alpha value is -1.36. The van der Waals surface area contributed by atoms with Crippen LogP contribution in [-0.4, -0.2) is 68.1 Å². The molecule has 1 fully saturated rings. The average molecular weight is 350 g/mol. The molecule has 0 saturated carbocycles. The van der Waals surface area contributed by atoms with Crippen LogP contribution in [-0.2, 0) is 20.4 Å². The second-order valence-corrected chi connectivity index (χ2v) is 6.35. The standard InChI is InChI=1S/C11H19N4O7P/c1-9-12-6-11(15(16)17)14(9)8-10(22-23(18,19)20)7-13-2-4-21-5-3-13/h6,10H,2-5,7-8H2,1H3,(H2,18,19,20)/t10-/m1/s1. The molecule has 0 aromatic carbocycles. The van der Waals surface area contributed by atoms with Gasteiger partial charge in [0.1, 0.15) is 18.8 Å². The fourth-order valence-corrected chi connectivity index (χ4v) is 2.94. The highest BCUT2D eigenvalue weighted by Crippen LogP contribution is 2.38. The molecule has 0 aliphatic carbocycles. The van der Waals surface area contributed by atoms with E-state index in [1.54, 1.807) is 6.92 Å². The third-order valence-electron chi connectivity index (χ3n) is 3.46. The summed E-state index contributed by atoms with van der Waals surface area (Å²) in [5, 5.41) is 11.0. The van der Waals surface area contributed by atoms with Gasteiger partial charge in [-0.2, -0.15) is 0 Å². The third kappa shape index (κ3) is 5.34. The Morgan fingerprint density at radius 1 is 1.48 bits per heavy atom. The Bertz CT molecular complexity index is 595. The van der Waals surface area contributed by atoms with Crippen LogP contribution in [0.15, 0.2) is 6.20 Å². The van der Waals surface area contributed by atoms with Crippen molar-refractivity contribution in [1.82, 2.24) is 14.5 Å². The van der Waals surface area contributed by atoms with Gasteiger partial charge in [-0.15, -0.1) is 0 Å². The molecule has 1 atom stereocenters. The van der Waals surface area contributed by atoms with Crippen molar-refractivity contribution in [2.45, 2.75) is 19.6 Å². The third-order valence-corrected chi connectivity index (χ3v) is 4.03. The van der Waals surface area contributed by atoms with E-state index in [1.807, 2.05) is 4.90 Å². The molecule has 0 spiro atoms. The number of ether oxygens (including phenoxy) is 1. The highest BCUT2D eigenvalue weighted by Gasteiger charge is 2.29. The number of phosphoric ester groups is 1. The molecule has 1 saturated heterocycles. The van der Waals surface area contributed by atoms with Crippen molar-refractivity contribution in [3.63, 3.8) is 0 Å². The van der Waals surface area contributed by atoms with E-state index in [9.17, 15) is 14.7 Å². The number of hydrogen-bond donors (Lipinski definition) is 2. The van der Waals surface area contributed by atoms with E-state index in [1.165, 1.54) is 4.57 Å². The molecule has 0 amide bonds. The Morgan fingerprint density at radius 2 is 2.13 bits per heavy atom. The van der Waals surface area contributed by atoms with Gasteiger partial charge in [0.25, 0.3) is 0 Å². The summed E-state index contributed by atoms with van der Waals surface area (Å²) in [4.78, 5) is 34.4. The largest absolute Gasteiger partial charge is 0.470 e. The van der Waals surface area contributed by atoms with Crippen molar-refractivity contribution in [1.29, 1.82) is 0 Å². The van der Waals surface area contributed by atoms with Crippen molar-refractivity contribution in [2.24, 2.45) is 0 Å². The Labute approximate surface area is 132 Å². The lowest BCUT2D eigenvalue weighted by molar-refractivity contribution is -0.392. The molecule has 130 valence electrons. The fourth-order valence-electron chi connectivity index (χ4n) is 2.42. The van der Waals surface area contributed by atoms with Gasteiger partial charge in [0.05, 0.1) is 13.2 Å². The van der Waals surface area contributed by atoms with E-state index < -0.39 is 18.8 Å². The minimum absolute atomic E-state index is 0.0788. The van der Waals surface area contributed by atoms with Crippen LogP contribution in [0.1, 0.15) is 5.82 Å². The van der Waals surface area contributed by atoms with Crippen LogP contribution >= 0.6 is 7.82 Å². The number of aryl methyl sites for hydroxylation is 1. The first kappa shape index (κ1) is 18.0. The highest BCUT2D eigenvalue weighted by atomic mass is 31.2. The lowest BCUT2D eigenvalue weighted by atomic mass is 10.3. The van der Waals surface area contributed by atoms with Gasteiger partial charge in [-0.3, -0.25) is 9.42 Å². The zero-order valence-electron chi connectivity index (χ0n) is 12.6. The van der Waals surface area contributed by atoms with Crippen molar-refractivity contribution in [2.75, 3.05) is 32.8 Å². The average Bonchev–Trinajstić information content (AvgIpc) is 2.79. The Morgan fingerprint density at radius 3 is 2.70 bits per heavy atom. The van der Waals surface area contributed by atoms with Crippen LogP contribution in [0.3, 0.4) is 0 Å². The molecule has 2 rings (SSSR count). The van der Waals surface area contributed by atoms with Gasteiger partial charge in [0, 0.05) is 26.6 Å². The number of phosphoric acid groups is 1. The summed E-state index contributed by atoms with van der Waals surface area (Å²) in [6.45, 7) is 3.97. The number of nitro groups is 1. The van der Waals surface area contributed by atoms with Crippen molar-refractivity contribution < 1.29 is 28.5 Å². The molecule has 0 unspecified atom stereocenters. The second kappa shape index (κ2) is 7.47. The smallest absolute Gasteiger partial charge is 0.379 e. The zero-order chi connectivity index (χ0) is 17.0. The predicted molar refractivity (Wildman–Crippen MR) is 77.8 cm³/mol. The molecule has 0 radical (unpaired) electrons. The fraction of sp³-hybridized carbons (Fsp3) is 0.727. The second-order valence-electron chi connectivity index (χ2n) is 5.16. The van der Waals surface area contributed by atoms with Crippen LogP contribution in [0.25, 0.3) is 0 Å². The highest BCUT2D eigenvalue weighted by molar-refractivity contribution is 7.46. The van der Waals surface area contributed by atoms with Crippen LogP contribution in [0, 0.1) is 17.0 Å². The lowest BCUT2D eigenvalue weighted by Crippen LogP contribution is -2.42. The minimum Gasteiger partial charge on any atom is -0.379 e. The quantitative estimate of drug-likeness (QED) is 0.392. The maximum atomic E-state index is 11.2. The minimum atomic E-state index is -4.72. The van der Waals surface area contributed by atoms with Crippen molar-refractivity contribution >= 4 is 13.6 Å². The van der Waals surface area contributed by atoms with E-state index in [0.29, 0.717) is 32.1 Å². The molecule has 12 heteroatoms. The number of rotatable bonds is 7. The summed E-state index contributed by atoms with van der Waals surface area (Å²) < 4.78 is 22.5. The van der Waals surface area contributed by atoms with Gasteiger partial charge < -0.3 is 24.6 Å². The summed E-state index contributed by atoms with van der Waals surface area (Å²) in [5.41, 5.74) is 0. The number of morpholine rings is 1. The van der Waals surface area contributed by atoms with Crippen LogP contribution in [0.4, 0.5) is 5.82 Å². The molecule has 1 aromatic heterocycles. The van der Waals surface area contributed by atoms with Gasteiger partial charge in [-0.05, 0) is 4.92 Å². The molecular weight excluding hydrogens is 331 g/mol. The van der Waals surface area contributed by atoms with Crippen LogP contribution in [0.2, 0.25) is 0 Å². The van der Waals surface area contributed by atoms with E-state index in [2.05, 4.69) is 4.98 Å². The topological polar surface area (TPSA) is 140 Å². The molecule has 0 bridgehead atoms. The normalized spacial score (nSPS) is 18.0. The zero-order valence-corrected chi connectivity index (χ0v) is 13.5. The van der Waals surface area contributed by atoms with Gasteiger partial charge >= 0.3 is 13.6 Å². The molecule has 23 heavy (non-hydrogen) atoms. The predicted octanol–water partition coefficient (Wildman–Crippen LogP) is -0.0902. The first-order chi connectivity index (χ1) is 10.8. The van der Waals surface area contributed by atoms with Gasteiger partial charge in [-0.1, -0.05) is 0 Å². The molecule has 2 heterocycles. The van der Waals surface area contributed by atoms with E-state index in [0.717, 1.165) is 6.20 Å². The summed E-state index contributed by atoms with van der Waals surface area (Å²) in [7, 11) is -4.72. The summed E-state index contributed by atoms with van der Waals surface area (Å²) in [6, 6.07) is 0. The Balaban J connectivity index is 2.15. The summed E-state index contributed by atoms with van der Waals surface area (Å²) in [5.74, 6) is 0.127. The summed E-state index contributed by atoms with van der Waals surface area (Å²) in [6.07, 6.45) is 0.194. The first-order valence-electron chi connectivity index (χ1n) is 6.97. The van der Waals surface area contributed by atoms with Crippen molar-refractivity contribution in [3.05, 3.63) is 22.1 Å². The van der Waals surface area contributed by atoms with Crippen molar-refractivity contribution in [3.8, 4) is 0 Å². The maximum absolute atomic E-state index is 11.2. The molecule has 1 aliphatic heterocycles. The van der Waals surface area contributed by atoms with E-state index in [4.69, 9.17) is 19.0 Å². The SMILES string of the molecule is Cc1ncc([N+](=O)[O-])n1C[C@@H](CN1CCOCC1)OP(=O)(O)O. The molecule has 2 N–H and O–H groups in total. The lowest BCUT2D eigenvalue weighted by Gasteiger charge is -2.29. The molecule has 11 nitrogen and oxygen atoms in total. The van der Waals surface area contributed by atoms with E-state index >= 15 is 0 Å². The van der Waals surface area contributed by atoms with Crippen LogP contribution < -0.4 is 0 Å². The number of nitrogens with zero attached hydrogens (tertiary/aromatic N) is 4. The summed E-state index contributed by atoms with van der Waals surface area (Å²) >= 11 is 0. The number of aromatic nitrogens is 2. The van der Waals surface area contributed by atoms with Gasteiger partial charge in [0.15, 0.2) is 5.82 Å². The number of hydrogen-bond acceptors (Lipinski definition) is 7. The number of imidazole rings is 1. The molecule has 1 aromatic rings. The van der Waals surface area contributed by atoms with Gasteiger partial charge in [0.2, 0.25) is 0 Å². The molecular formula is C11H19N4O7P. The Kier molecular flexibility index (Phi) is 5.84.